The van der Waals surface area contributed by atoms with Crippen molar-refractivity contribution < 1.29 is 4.79 Å². The van der Waals surface area contributed by atoms with Crippen LogP contribution in [0.5, 0.6) is 0 Å². The number of aryl methyl sites for hydroxylation is 1. The third-order valence-corrected chi connectivity index (χ3v) is 6.18. The number of hydrogen-bond acceptors (Lipinski definition) is 4. The van der Waals surface area contributed by atoms with Crippen LogP contribution in [0.4, 0.5) is 0 Å². The summed E-state index contributed by atoms with van der Waals surface area (Å²) in [6, 6.07) is 16.1. The molecule has 0 bridgehead atoms. The summed E-state index contributed by atoms with van der Waals surface area (Å²) in [5.41, 5.74) is 6.03. The molecular weight excluding hydrogens is 386 g/mol. The second-order valence-corrected chi connectivity index (χ2v) is 8.14. The van der Waals surface area contributed by atoms with Gasteiger partial charge in [-0.25, -0.2) is 4.98 Å². The highest BCUT2D eigenvalue weighted by molar-refractivity contribution is 5.95. The second kappa shape index (κ2) is 7.96. The zero-order chi connectivity index (χ0) is 21.4. The van der Waals surface area contributed by atoms with Gasteiger partial charge in [0.25, 0.3) is 5.91 Å². The van der Waals surface area contributed by atoms with Crippen LogP contribution in [-0.4, -0.2) is 56.8 Å². The smallest absolute Gasteiger partial charge is 0.254 e. The Labute approximate surface area is 181 Å². The molecule has 0 N–H and O–H groups in total. The summed E-state index contributed by atoms with van der Waals surface area (Å²) in [6.45, 7) is 4.15. The number of pyridine rings is 2. The lowest BCUT2D eigenvalue weighted by atomic mass is 10.0. The van der Waals surface area contributed by atoms with Gasteiger partial charge in [-0.05, 0) is 43.3 Å². The molecule has 31 heavy (non-hydrogen) atoms. The Morgan fingerprint density at radius 1 is 1.03 bits per heavy atom. The average Bonchev–Trinajstić information content (AvgIpc) is 3.23. The number of fused-ring (bicyclic) bond motifs is 1. The van der Waals surface area contributed by atoms with E-state index in [-0.39, 0.29) is 11.9 Å². The number of carbonyl (C=O) groups is 1. The van der Waals surface area contributed by atoms with Gasteiger partial charge in [0, 0.05) is 49.4 Å². The van der Waals surface area contributed by atoms with Gasteiger partial charge < -0.3 is 9.30 Å². The lowest BCUT2D eigenvalue weighted by molar-refractivity contribution is 0.0542. The van der Waals surface area contributed by atoms with Crippen molar-refractivity contribution in [3.8, 4) is 11.1 Å². The first-order valence-corrected chi connectivity index (χ1v) is 10.5. The molecule has 1 aliphatic heterocycles. The van der Waals surface area contributed by atoms with Crippen molar-refractivity contribution in [3.05, 3.63) is 90.3 Å². The predicted octanol–water partition coefficient (Wildman–Crippen LogP) is 3.83. The number of nitrogens with zero attached hydrogens (tertiary/aromatic N) is 5. The van der Waals surface area contributed by atoms with E-state index in [0.29, 0.717) is 6.54 Å². The number of rotatable bonds is 3. The Kier molecular flexibility index (Phi) is 5.00. The Balaban J connectivity index is 1.44. The third kappa shape index (κ3) is 3.59. The lowest BCUT2D eigenvalue weighted by Gasteiger charge is -2.39. The van der Waals surface area contributed by atoms with Crippen molar-refractivity contribution in [2.75, 3.05) is 26.7 Å². The van der Waals surface area contributed by atoms with Gasteiger partial charge in [-0.15, -0.1) is 0 Å². The van der Waals surface area contributed by atoms with Gasteiger partial charge in [-0.2, -0.15) is 0 Å². The van der Waals surface area contributed by atoms with E-state index in [4.69, 9.17) is 4.98 Å². The van der Waals surface area contributed by atoms with Crippen LogP contribution in [0, 0.1) is 6.92 Å². The fraction of sp³-hybridized carbons (Fsp3) is 0.240. The minimum atomic E-state index is 0.0518. The fourth-order valence-electron chi connectivity index (χ4n) is 4.32. The molecule has 4 aromatic rings. The molecule has 0 radical (unpaired) electrons. The quantitative estimate of drug-likeness (QED) is 0.514. The zero-order valence-electron chi connectivity index (χ0n) is 17.8. The minimum Gasteiger partial charge on any atom is -0.335 e. The minimum absolute atomic E-state index is 0.0518. The van der Waals surface area contributed by atoms with Crippen molar-refractivity contribution in [1.29, 1.82) is 0 Å². The number of benzene rings is 1. The van der Waals surface area contributed by atoms with Crippen molar-refractivity contribution in [1.82, 2.24) is 24.2 Å². The molecule has 6 nitrogen and oxygen atoms in total. The molecule has 3 aromatic heterocycles. The Morgan fingerprint density at radius 3 is 2.71 bits per heavy atom. The van der Waals surface area contributed by atoms with Crippen LogP contribution in [0.15, 0.2) is 73.4 Å². The predicted molar refractivity (Wildman–Crippen MR) is 121 cm³/mol. The van der Waals surface area contributed by atoms with Crippen molar-refractivity contribution in [3.63, 3.8) is 0 Å². The van der Waals surface area contributed by atoms with Crippen LogP contribution < -0.4 is 0 Å². The highest BCUT2D eigenvalue weighted by atomic mass is 16.2. The standard InChI is InChI=1S/C25H25N5O/c1-18-6-3-4-8-21(18)25(31)29-13-12-28(2)23(16-29)24-22-10-9-20(15-30(22)17-27-24)19-7-5-11-26-14-19/h3-11,14-15,17,23H,12-13,16H2,1-2H3/t23-/m0/s1. The summed E-state index contributed by atoms with van der Waals surface area (Å²) in [5.74, 6) is 0.0959. The summed E-state index contributed by atoms with van der Waals surface area (Å²) < 4.78 is 2.06. The number of aromatic nitrogens is 3. The van der Waals surface area contributed by atoms with Gasteiger partial charge in [-0.3, -0.25) is 14.7 Å². The molecule has 1 aliphatic rings. The van der Waals surface area contributed by atoms with Gasteiger partial charge in [-0.1, -0.05) is 30.3 Å². The van der Waals surface area contributed by atoms with E-state index in [1.807, 2.05) is 54.7 Å². The number of piperazine rings is 1. The van der Waals surface area contributed by atoms with E-state index in [1.54, 1.807) is 6.20 Å². The van der Waals surface area contributed by atoms with E-state index >= 15 is 0 Å². The molecule has 4 heterocycles. The zero-order valence-corrected chi connectivity index (χ0v) is 17.8. The molecule has 0 unspecified atom stereocenters. The normalized spacial score (nSPS) is 17.2. The van der Waals surface area contributed by atoms with Crippen LogP contribution in [0.2, 0.25) is 0 Å². The van der Waals surface area contributed by atoms with Gasteiger partial charge in [0.1, 0.15) is 0 Å². The van der Waals surface area contributed by atoms with Crippen molar-refractivity contribution in [2.45, 2.75) is 13.0 Å². The lowest BCUT2D eigenvalue weighted by Crippen LogP contribution is -2.49. The first-order chi connectivity index (χ1) is 15.1. The van der Waals surface area contributed by atoms with Gasteiger partial charge in [0.2, 0.25) is 0 Å². The Bertz CT molecular complexity index is 1230. The highest BCUT2D eigenvalue weighted by Gasteiger charge is 2.31. The molecule has 0 spiro atoms. The monoisotopic (exact) mass is 411 g/mol. The molecule has 156 valence electrons. The van der Waals surface area contributed by atoms with Crippen LogP contribution in [-0.2, 0) is 0 Å². The molecule has 1 saturated heterocycles. The van der Waals surface area contributed by atoms with E-state index in [9.17, 15) is 4.79 Å². The summed E-state index contributed by atoms with van der Waals surface area (Å²) in [6.07, 6.45) is 7.59. The first kappa shape index (κ1) is 19.5. The van der Waals surface area contributed by atoms with Gasteiger partial charge >= 0.3 is 0 Å². The van der Waals surface area contributed by atoms with Crippen molar-refractivity contribution in [2.24, 2.45) is 0 Å². The van der Waals surface area contributed by atoms with E-state index in [2.05, 4.69) is 45.7 Å². The topological polar surface area (TPSA) is 53.7 Å². The number of likely N-dealkylation sites (N-methyl/N-ethyl adjacent to an activating group) is 1. The Morgan fingerprint density at radius 2 is 1.90 bits per heavy atom. The Hall–Kier alpha value is -3.51. The van der Waals surface area contributed by atoms with Crippen LogP contribution in [0.1, 0.15) is 27.7 Å². The summed E-state index contributed by atoms with van der Waals surface area (Å²) in [4.78, 5) is 26.4. The molecule has 0 saturated carbocycles. The third-order valence-electron chi connectivity index (χ3n) is 6.18. The number of amides is 1. The molecule has 6 heteroatoms. The number of hydrogen-bond donors (Lipinski definition) is 0. The van der Waals surface area contributed by atoms with Gasteiger partial charge in [0.05, 0.1) is 23.6 Å². The average molecular weight is 412 g/mol. The maximum Gasteiger partial charge on any atom is 0.254 e. The van der Waals surface area contributed by atoms with Crippen LogP contribution in [0.3, 0.4) is 0 Å². The number of carbonyl (C=O) groups excluding carboxylic acids is 1. The fourth-order valence-corrected chi connectivity index (χ4v) is 4.32. The van der Waals surface area contributed by atoms with Crippen molar-refractivity contribution >= 4 is 11.4 Å². The molecule has 1 fully saturated rings. The molecular formula is C25H25N5O. The van der Waals surface area contributed by atoms with Gasteiger partial charge in [0.15, 0.2) is 0 Å². The highest BCUT2D eigenvalue weighted by Crippen LogP contribution is 2.29. The SMILES string of the molecule is Cc1ccccc1C(=O)N1CCN(C)[C@H](c2ncn3cc(-c4cccnc4)ccc23)C1. The van der Waals surface area contributed by atoms with Crippen LogP contribution in [0.25, 0.3) is 16.6 Å². The van der Waals surface area contributed by atoms with E-state index < -0.39 is 0 Å². The molecule has 1 amide bonds. The van der Waals surface area contributed by atoms with Crippen LogP contribution >= 0.6 is 0 Å². The summed E-state index contributed by atoms with van der Waals surface area (Å²) in [5, 5.41) is 0. The molecule has 1 atom stereocenters. The molecule has 0 aliphatic carbocycles. The maximum absolute atomic E-state index is 13.2. The summed E-state index contributed by atoms with van der Waals surface area (Å²) >= 11 is 0. The molecule has 5 rings (SSSR count). The van der Waals surface area contributed by atoms with E-state index in [0.717, 1.165) is 46.6 Å². The number of imidazole rings is 1. The molecule has 1 aromatic carbocycles. The summed E-state index contributed by atoms with van der Waals surface area (Å²) in [7, 11) is 2.11. The second-order valence-electron chi connectivity index (χ2n) is 8.14. The first-order valence-electron chi connectivity index (χ1n) is 10.5. The van der Waals surface area contributed by atoms with E-state index in [1.165, 1.54) is 0 Å². The maximum atomic E-state index is 13.2. The largest absolute Gasteiger partial charge is 0.335 e.